The van der Waals surface area contributed by atoms with Crippen molar-refractivity contribution >= 4 is 27.4 Å². The minimum absolute atomic E-state index is 0.178. The fourth-order valence-electron chi connectivity index (χ4n) is 2.62. The van der Waals surface area contributed by atoms with E-state index in [1.54, 1.807) is 41.2 Å². The molecule has 0 spiro atoms. The zero-order chi connectivity index (χ0) is 18.3. The Kier molecular flexibility index (Phi) is 4.04. The van der Waals surface area contributed by atoms with Crippen molar-refractivity contribution in [3.8, 4) is 22.5 Å². The van der Waals surface area contributed by atoms with Gasteiger partial charge in [-0.25, -0.2) is 23.9 Å². The van der Waals surface area contributed by atoms with Crippen molar-refractivity contribution < 1.29 is 9.18 Å². The third kappa shape index (κ3) is 2.88. The Bertz CT molecular complexity index is 1140. The molecule has 0 radical (unpaired) electrons. The Morgan fingerprint density at radius 2 is 1.92 bits per heavy atom. The number of carbonyl (C=O) groups excluding carboxylic acids is 1. The third-order valence-electron chi connectivity index (χ3n) is 3.85. The molecule has 0 aliphatic heterocycles. The summed E-state index contributed by atoms with van der Waals surface area (Å²) in [6, 6.07) is 8.02. The number of halogens is 2. The van der Waals surface area contributed by atoms with Gasteiger partial charge in [0.05, 0.1) is 11.4 Å². The molecule has 0 aliphatic rings. The highest BCUT2D eigenvalue weighted by molar-refractivity contribution is 9.10. The molecule has 4 rings (SSSR count). The second-order valence-electron chi connectivity index (χ2n) is 5.63. The van der Waals surface area contributed by atoms with E-state index in [1.165, 1.54) is 19.3 Å². The van der Waals surface area contributed by atoms with Gasteiger partial charge in [0.15, 0.2) is 11.4 Å². The van der Waals surface area contributed by atoms with Crippen LogP contribution >= 0.6 is 15.9 Å². The Labute approximate surface area is 155 Å². The largest absolute Gasteiger partial charge is 0.293 e. The maximum atomic E-state index is 14.3. The predicted molar refractivity (Wildman–Crippen MR) is 97.1 cm³/mol. The minimum atomic E-state index is -0.404. The van der Waals surface area contributed by atoms with Crippen LogP contribution in [-0.2, 0) is 0 Å². The molecular formula is C18H11BrFN5O. The second kappa shape index (κ2) is 6.38. The van der Waals surface area contributed by atoms with Crippen LogP contribution in [0.1, 0.15) is 17.4 Å². The van der Waals surface area contributed by atoms with E-state index in [2.05, 4.69) is 36.0 Å². The van der Waals surface area contributed by atoms with Gasteiger partial charge < -0.3 is 0 Å². The van der Waals surface area contributed by atoms with Gasteiger partial charge in [-0.15, -0.1) is 0 Å². The molecular weight excluding hydrogens is 401 g/mol. The highest BCUT2D eigenvalue weighted by Gasteiger charge is 2.16. The highest BCUT2D eigenvalue weighted by atomic mass is 79.9. The number of ketones is 1. The lowest BCUT2D eigenvalue weighted by Gasteiger charge is -2.06. The Morgan fingerprint density at radius 1 is 1.15 bits per heavy atom. The summed E-state index contributed by atoms with van der Waals surface area (Å²) in [5, 5.41) is 4.48. The summed E-state index contributed by atoms with van der Waals surface area (Å²) in [4.78, 5) is 24.2. The van der Waals surface area contributed by atoms with Gasteiger partial charge in [0.1, 0.15) is 17.8 Å². The van der Waals surface area contributed by atoms with Gasteiger partial charge in [0.2, 0.25) is 0 Å². The molecule has 0 saturated heterocycles. The number of aromatic nitrogens is 5. The molecule has 0 N–H and O–H groups in total. The molecule has 1 aromatic carbocycles. The van der Waals surface area contributed by atoms with Crippen molar-refractivity contribution in [1.29, 1.82) is 0 Å². The molecule has 0 aliphatic carbocycles. The monoisotopic (exact) mass is 411 g/mol. The van der Waals surface area contributed by atoms with Crippen LogP contribution in [0, 0.1) is 5.82 Å². The van der Waals surface area contributed by atoms with Crippen LogP contribution in [0.3, 0.4) is 0 Å². The van der Waals surface area contributed by atoms with Crippen molar-refractivity contribution in [1.82, 2.24) is 24.6 Å². The number of carbonyl (C=O) groups is 1. The molecule has 26 heavy (non-hydrogen) atoms. The normalized spacial score (nSPS) is 11.0. The molecule has 8 heteroatoms. The summed E-state index contributed by atoms with van der Waals surface area (Å²) in [6.45, 7) is 1.44. The van der Waals surface area contributed by atoms with Gasteiger partial charge >= 0.3 is 0 Å². The first kappa shape index (κ1) is 16.5. The molecule has 4 aromatic rings. The zero-order valence-corrected chi connectivity index (χ0v) is 15.1. The molecule has 0 fully saturated rings. The van der Waals surface area contributed by atoms with Gasteiger partial charge in [-0.05, 0) is 24.3 Å². The fraction of sp³-hybridized carbons (Fsp3) is 0.0556. The average molecular weight is 412 g/mol. The third-order valence-corrected chi connectivity index (χ3v) is 4.34. The number of fused-ring (bicyclic) bond motifs is 1. The lowest BCUT2D eigenvalue weighted by atomic mass is 10.1. The SMILES string of the molecule is CC(=O)c1cc(-c2cncnc2)n2nc(-c3ccc(Br)cc3F)cc2n1. The summed E-state index contributed by atoms with van der Waals surface area (Å²) in [5.41, 5.74) is 2.77. The quantitative estimate of drug-likeness (QED) is 0.477. The number of benzene rings is 1. The number of hydrogen-bond donors (Lipinski definition) is 0. The van der Waals surface area contributed by atoms with Gasteiger partial charge in [0.25, 0.3) is 0 Å². The number of hydrogen-bond acceptors (Lipinski definition) is 5. The minimum Gasteiger partial charge on any atom is -0.293 e. The standard InChI is InChI=1S/C18H11BrFN5O/c1-10(26)15-5-17(11-7-21-9-22-8-11)25-18(23-15)6-16(24-25)13-3-2-12(19)4-14(13)20/h2-9H,1H3. The first-order chi connectivity index (χ1) is 12.5. The molecule has 3 heterocycles. The summed E-state index contributed by atoms with van der Waals surface area (Å²) in [5.74, 6) is -0.581. The Balaban J connectivity index is 1.99. The van der Waals surface area contributed by atoms with Crippen molar-refractivity contribution in [2.24, 2.45) is 0 Å². The molecule has 0 atom stereocenters. The van der Waals surface area contributed by atoms with Crippen molar-refractivity contribution in [2.75, 3.05) is 0 Å². The topological polar surface area (TPSA) is 73.0 Å². The molecule has 6 nitrogen and oxygen atoms in total. The van der Waals surface area contributed by atoms with Crippen LogP contribution in [0.4, 0.5) is 4.39 Å². The van der Waals surface area contributed by atoms with E-state index in [1.807, 2.05) is 0 Å². The smallest absolute Gasteiger partial charge is 0.178 e. The number of Topliss-reactive ketones (excluding diaryl/α,β-unsaturated/α-hetero) is 1. The lowest BCUT2D eigenvalue weighted by molar-refractivity contribution is 0.101. The highest BCUT2D eigenvalue weighted by Crippen LogP contribution is 2.27. The maximum absolute atomic E-state index is 14.3. The molecule has 0 bridgehead atoms. The predicted octanol–water partition coefficient (Wildman–Crippen LogP) is 3.96. The van der Waals surface area contributed by atoms with E-state index < -0.39 is 5.82 Å². The van der Waals surface area contributed by atoms with Crippen LogP contribution < -0.4 is 0 Å². The van der Waals surface area contributed by atoms with E-state index in [4.69, 9.17) is 0 Å². The van der Waals surface area contributed by atoms with E-state index in [-0.39, 0.29) is 5.78 Å². The van der Waals surface area contributed by atoms with Crippen LogP contribution in [0.2, 0.25) is 0 Å². The van der Waals surface area contributed by atoms with Crippen LogP contribution in [0.15, 0.2) is 53.5 Å². The average Bonchev–Trinajstić information content (AvgIpc) is 3.05. The van der Waals surface area contributed by atoms with E-state index in [0.29, 0.717) is 38.3 Å². The van der Waals surface area contributed by atoms with Crippen molar-refractivity contribution in [3.63, 3.8) is 0 Å². The van der Waals surface area contributed by atoms with Crippen LogP contribution in [0.5, 0.6) is 0 Å². The number of nitrogens with zero attached hydrogens (tertiary/aromatic N) is 5. The molecule has 0 amide bonds. The first-order valence-electron chi connectivity index (χ1n) is 7.65. The maximum Gasteiger partial charge on any atom is 0.178 e. The second-order valence-corrected chi connectivity index (χ2v) is 6.55. The molecule has 3 aromatic heterocycles. The molecule has 0 saturated carbocycles. The Hall–Kier alpha value is -3.00. The lowest BCUT2D eigenvalue weighted by Crippen LogP contribution is -2.04. The number of rotatable bonds is 3. The molecule has 128 valence electrons. The van der Waals surface area contributed by atoms with E-state index in [0.717, 1.165) is 0 Å². The van der Waals surface area contributed by atoms with E-state index >= 15 is 0 Å². The van der Waals surface area contributed by atoms with Gasteiger partial charge in [0, 0.05) is 41.0 Å². The van der Waals surface area contributed by atoms with Crippen LogP contribution in [-0.4, -0.2) is 30.3 Å². The summed E-state index contributed by atoms with van der Waals surface area (Å²) < 4.78 is 16.5. The van der Waals surface area contributed by atoms with E-state index in [9.17, 15) is 9.18 Å². The van der Waals surface area contributed by atoms with Gasteiger partial charge in [-0.2, -0.15) is 5.10 Å². The molecule has 0 unspecified atom stereocenters. The Morgan fingerprint density at radius 3 is 2.62 bits per heavy atom. The summed E-state index contributed by atoms with van der Waals surface area (Å²) >= 11 is 3.24. The summed E-state index contributed by atoms with van der Waals surface area (Å²) in [6.07, 6.45) is 4.65. The van der Waals surface area contributed by atoms with Crippen molar-refractivity contribution in [3.05, 3.63) is 65.0 Å². The van der Waals surface area contributed by atoms with Crippen molar-refractivity contribution in [2.45, 2.75) is 6.92 Å². The summed E-state index contributed by atoms with van der Waals surface area (Å²) in [7, 11) is 0. The van der Waals surface area contributed by atoms with Crippen LogP contribution in [0.25, 0.3) is 28.2 Å². The first-order valence-corrected chi connectivity index (χ1v) is 8.45. The van der Waals surface area contributed by atoms with Gasteiger partial charge in [-0.1, -0.05) is 15.9 Å². The fourth-order valence-corrected chi connectivity index (χ4v) is 2.95. The van der Waals surface area contributed by atoms with Gasteiger partial charge in [-0.3, -0.25) is 4.79 Å². The zero-order valence-electron chi connectivity index (χ0n) is 13.5.